The Balaban J connectivity index is 1.66. The first-order valence-electron chi connectivity index (χ1n) is 9.18. The number of allylic oxidation sites excluding steroid dienone is 1. The van der Waals surface area contributed by atoms with E-state index in [9.17, 15) is 9.59 Å². The molecule has 2 aliphatic heterocycles. The zero-order valence-electron chi connectivity index (χ0n) is 15.8. The number of carboxylic acids is 1. The standard InChI is InChI=1S/C18H23ClN4O4S/c1-3-6-27-13-9-23(18-20-8-14(28-18)17(25)26)5-4-11(13)22-16(24)12-7-10(2)15(19)21-12/h8,11,13H,3-7,9H2,1-2H3,(H,22,24)(H,25,26)/t11-,13+/m1/s1. The Morgan fingerprint density at radius 3 is 2.89 bits per heavy atom. The van der Waals surface area contributed by atoms with E-state index in [0.717, 1.165) is 23.3 Å². The van der Waals surface area contributed by atoms with Crippen molar-refractivity contribution in [3.8, 4) is 0 Å². The molecule has 2 N–H and O–H groups in total. The van der Waals surface area contributed by atoms with Gasteiger partial charge in [-0.15, -0.1) is 0 Å². The van der Waals surface area contributed by atoms with Crippen molar-refractivity contribution >= 4 is 45.7 Å². The molecule has 1 aromatic heterocycles. The number of nitrogens with one attached hydrogen (secondary N) is 1. The van der Waals surface area contributed by atoms with Crippen molar-refractivity contribution in [3.63, 3.8) is 0 Å². The average molecular weight is 427 g/mol. The van der Waals surface area contributed by atoms with E-state index in [-0.39, 0.29) is 22.9 Å². The fraction of sp³-hybridized carbons (Fsp3) is 0.556. The molecule has 2 aliphatic rings. The topological polar surface area (TPSA) is 104 Å². The molecule has 1 amide bonds. The summed E-state index contributed by atoms with van der Waals surface area (Å²) in [5.74, 6) is -1.20. The second-order valence-corrected chi connectivity index (χ2v) is 8.21. The molecule has 28 heavy (non-hydrogen) atoms. The molecule has 8 nitrogen and oxygen atoms in total. The van der Waals surface area contributed by atoms with Gasteiger partial charge in [0.2, 0.25) is 0 Å². The number of carbonyl (C=O) groups is 2. The van der Waals surface area contributed by atoms with Gasteiger partial charge in [0.25, 0.3) is 5.91 Å². The molecule has 152 valence electrons. The van der Waals surface area contributed by atoms with Crippen molar-refractivity contribution in [2.45, 2.75) is 45.3 Å². The van der Waals surface area contributed by atoms with Crippen LogP contribution in [0.15, 0.2) is 21.9 Å². The van der Waals surface area contributed by atoms with E-state index < -0.39 is 5.97 Å². The summed E-state index contributed by atoms with van der Waals surface area (Å²) in [5.41, 5.74) is 1.31. The average Bonchev–Trinajstić information content (AvgIpc) is 3.28. The van der Waals surface area contributed by atoms with Gasteiger partial charge in [-0.05, 0) is 25.3 Å². The van der Waals surface area contributed by atoms with E-state index in [4.69, 9.17) is 21.4 Å². The second kappa shape index (κ2) is 9.02. The van der Waals surface area contributed by atoms with E-state index in [1.165, 1.54) is 6.20 Å². The fourth-order valence-corrected chi connectivity index (χ4v) is 4.12. The Kier molecular flexibility index (Phi) is 6.69. The molecule has 3 rings (SSSR count). The Morgan fingerprint density at radius 2 is 2.29 bits per heavy atom. The van der Waals surface area contributed by atoms with Gasteiger partial charge in [-0.3, -0.25) is 4.79 Å². The number of carbonyl (C=O) groups excluding carboxylic acids is 1. The summed E-state index contributed by atoms with van der Waals surface area (Å²) in [4.78, 5) is 34.3. The van der Waals surface area contributed by atoms with E-state index in [1.54, 1.807) is 0 Å². The van der Waals surface area contributed by atoms with Gasteiger partial charge in [0.1, 0.15) is 15.7 Å². The van der Waals surface area contributed by atoms with Crippen LogP contribution < -0.4 is 10.2 Å². The number of aliphatic imine (C=N–C) groups is 1. The molecule has 0 unspecified atom stereocenters. The highest BCUT2D eigenvalue weighted by Crippen LogP contribution is 2.27. The molecule has 3 heterocycles. The second-order valence-electron chi connectivity index (χ2n) is 6.84. The number of aromatic nitrogens is 1. The van der Waals surface area contributed by atoms with E-state index in [2.05, 4.69) is 15.3 Å². The molecule has 0 saturated carbocycles. The highest BCUT2D eigenvalue weighted by Gasteiger charge is 2.33. The third kappa shape index (κ3) is 4.71. The first kappa shape index (κ1) is 20.8. The molecule has 10 heteroatoms. The number of thiazole rings is 1. The summed E-state index contributed by atoms with van der Waals surface area (Å²) >= 11 is 7.13. The van der Waals surface area contributed by atoms with E-state index in [1.807, 2.05) is 18.7 Å². The zero-order chi connectivity index (χ0) is 20.3. The van der Waals surface area contributed by atoms with Crippen LogP contribution >= 0.6 is 22.9 Å². The Hall–Kier alpha value is -1.97. The molecule has 0 bridgehead atoms. The van der Waals surface area contributed by atoms with Crippen LogP contribution in [0.3, 0.4) is 0 Å². The van der Waals surface area contributed by atoms with Gasteiger partial charge >= 0.3 is 5.97 Å². The van der Waals surface area contributed by atoms with Gasteiger partial charge in [0, 0.05) is 26.1 Å². The van der Waals surface area contributed by atoms with Gasteiger partial charge in [-0.2, -0.15) is 0 Å². The van der Waals surface area contributed by atoms with Crippen molar-refractivity contribution in [3.05, 3.63) is 21.8 Å². The van der Waals surface area contributed by atoms with Crippen LogP contribution in [-0.4, -0.2) is 59.5 Å². The maximum Gasteiger partial charge on any atom is 0.347 e. The first-order valence-corrected chi connectivity index (χ1v) is 10.4. The number of piperidine rings is 1. The van der Waals surface area contributed by atoms with Gasteiger partial charge < -0.3 is 20.1 Å². The predicted octanol–water partition coefficient (Wildman–Crippen LogP) is 2.65. The molecule has 0 aromatic carbocycles. The van der Waals surface area contributed by atoms with Gasteiger partial charge in [-0.1, -0.05) is 29.9 Å². The quantitative estimate of drug-likeness (QED) is 0.649. The number of hydrogen-bond acceptors (Lipinski definition) is 7. The molecular formula is C18H23ClN4O4S. The van der Waals surface area contributed by atoms with Crippen LogP contribution in [0.5, 0.6) is 0 Å². The largest absolute Gasteiger partial charge is 0.477 e. The molecule has 0 aliphatic carbocycles. The van der Waals surface area contributed by atoms with E-state index >= 15 is 0 Å². The SMILES string of the molecule is CCCO[C@H]1CN(c2ncc(C(=O)O)s2)CC[C@H]1NC(=O)C1=NC(Cl)=C(C)C1. The normalized spacial score (nSPS) is 22.4. The van der Waals surface area contributed by atoms with Gasteiger partial charge in [-0.25, -0.2) is 14.8 Å². The maximum atomic E-state index is 12.6. The van der Waals surface area contributed by atoms with Gasteiger partial charge in [0.15, 0.2) is 5.13 Å². The highest BCUT2D eigenvalue weighted by molar-refractivity contribution is 7.17. The van der Waals surface area contributed by atoms with Crippen molar-refractivity contribution in [2.24, 2.45) is 4.99 Å². The lowest BCUT2D eigenvalue weighted by atomic mass is 10.0. The summed E-state index contributed by atoms with van der Waals surface area (Å²) in [6.45, 7) is 5.64. The number of halogens is 1. The maximum absolute atomic E-state index is 12.6. The number of aromatic carboxylic acids is 1. The Bertz CT molecular complexity index is 822. The number of anilines is 1. The molecule has 0 spiro atoms. The summed E-state index contributed by atoms with van der Waals surface area (Å²) in [5, 5.41) is 13.2. The van der Waals surface area contributed by atoms with Crippen LogP contribution in [0.25, 0.3) is 0 Å². The van der Waals surface area contributed by atoms with Crippen LogP contribution in [0.1, 0.15) is 42.8 Å². The number of amides is 1. The number of rotatable bonds is 7. The minimum Gasteiger partial charge on any atom is -0.477 e. The lowest BCUT2D eigenvalue weighted by Crippen LogP contribution is -2.56. The van der Waals surface area contributed by atoms with Gasteiger partial charge in [0.05, 0.1) is 18.3 Å². The first-order chi connectivity index (χ1) is 13.4. The van der Waals surface area contributed by atoms with Crippen molar-refractivity contribution in [1.82, 2.24) is 10.3 Å². The molecule has 0 radical (unpaired) electrons. The number of hydrogen-bond donors (Lipinski definition) is 2. The third-order valence-corrected chi connectivity index (χ3v) is 6.12. The third-order valence-electron chi connectivity index (χ3n) is 4.67. The minimum atomic E-state index is -0.982. The van der Waals surface area contributed by atoms with Crippen LogP contribution in [0.2, 0.25) is 0 Å². The van der Waals surface area contributed by atoms with Crippen molar-refractivity contribution in [2.75, 3.05) is 24.6 Å². The summed E-state index contributed by atoms with van der Waals surface area (Å²) in [6.07, 6.45) is 3.14. The van der Waals surface area contributed by atoms with Crippen LogP contribution in [-0.2, 0) is 9.53 Å². The van der Waals surface area contributed by atoms with Crippen LogP contribution in [0, 0.1) is 0 Å². The van der Waals surface area contributed by atoms with Crippen molar-refractivity contribution < 1.29 is 19.4 Å². The minimum absolute atomic E-state index is 0.156. The summed E-state index contributed by atoms with van der Waals surface area (Å²) in [7, 11) is 0. The lowest BCUT2D eigenvalue weighted by molar-refractivity contribution is -0.117. The fourth-order valence-electron chi connectivity index (χ4n) is 3.16. The molecule has 1 fully saturated rings. The summed E-state index contributed by atoms with van der Waals surface area (Å²) < 4.78 is 5.98. The summed E-state index contributed by atoms with van der Waals surface area (Å²) in [6, 6.07) is -0.156. The smallest absolute Gasteiger partial charge is 0.347 e. The molecule has 1 saturated heterocycles. The zero-order valence-corrected chi connectivity index (χ0v) is 17.3. The van der Waals surface area contributed by atoms with E-state index in [0.29, 0.717) is 48.5 Å². The number of carboxylic acid groups (broad SMARTS) is 1. The highest BCUT2D eigenvalue weighted by atomic mass is 35.5. The van der Waals surface area contributed by atoms with Crippen molar-refractivity contribution in [1.29, 1.82) is 0 Å². The predicted molar refractivity (Wildman–Crippen MR) is 108 cm³/mol. The Morgan fingerprint density at radius 1 is 1.50 bits per heavy atom. The molecular weight excluding hydrogens is 404 g/mol. The lowest BCUT2D eigenvalue weighted by Gasteiger charge is -2.38. The molecule has 2 atom stereocenters. The Labute approximate surface area is 172 Å². The molecule has 1 aromatic rings. The number of ether oxygens (including phenoxy) is 1. The number of nitrogens with zero attached hydrogens (tertiary/aromatic N) is 3. The monoisotopic (exact) mass is 426 g/mol. The van der Waals surface area contributed by atoms with Crippen LogP contribution in [0.4, 0.5) is 5.13 Å².